The molecule has 4 atom stereocenters. The number of aromatic nitrogens is 1. The number of amides is 1. The zero-order chi connectivity index (χ0) is 39.1. The van der Waals surface area contributed by atoms with Crippen molar-refractivity contribution >= 4 is 17.5 Å². The van der Waals surface area contributed by atoms with Gasteiger partial charge in [-0.2, -0.15) is 5.26 Å². The molecule has 5 N–H and O–H groups in total. The van der Waals surface area contributed by atoms with Crippen molar-refractivity contribution in [3.8, 4) is 34.4 Å². The van der Waals surface area contributed by atoms with Crippen LogP contribution in [-0.4, -0.2) is 76.7 Å². The van der Waals surface area contributed by atoms with E-state index < -0.39 is 30.3 Å². The Morgan fingerprint density at radius 2 is 1.87 bits per heavy atom. The minimum Gasteiger partial charge on any atom is -0.493 e. The average Bonchev–Trinajstić information content (AvgIpc) is 3.49. The van der Waals surface area contributed by atoms with Crippen molar-refractivity contribution < 1.29 is 33.6 Å². The van der Waals surface area contributed by atoms with Gasteiger partial charge < -0.3 is 35.1 Å². The maximum atomic E-state index is 16.1. The Labute approximate surface area is 325 Å². The first kappa shape index (κ1) is 39.9. The van der Waals surface area contributed by atoms with E-state index in [2.05, 4.69) is 21.3 Å². The van der Waals surface area contributed by atoms with Crippen LogP contribution in [0.3, 0.4) is 0 Å². The Morgan fingerprint density at radius 1 is 1.11 bits per heavy atom. The van der Waals surface area contributed by atoms with Crippen LogP contribution in [0.1, 0.15) is 65.7 Å². The zero-order valence-corrected chi connectivity index (χ0v) is 31.8. The molecule has 1 amide bonds. The molecule has 0 radical (unpaired) electrons. The molecule has 6 rings (SSSR count). The summed E-state index contributed by atoms with van der Waals surface area (Å²) < 4.78 is 34.9. The fraction of sp³-hybridized carbons (Fsp3) is 0.405. The van der Waals surface area contributed by atoms with Gasteiger partial charge in [-0.1, -0.05) is 41.9 Å². The second-order valence-electron chi connectivity index (χ2n) is 14.2. The Hall–Kier alpha value is -4.77. The van der Waals surface area contributed by atoms with E-state index in [-0.39, 0.29) is 36.4 Å². The molecule has 4 aromatic rings. The molecule has 2 heterocycles. The highest BCUT2D eigenvalue weighted by molar-refractivity contribution is 6.32. The van der Waals surface area contributed by atoms with Gasteiger partial charge in [-0.05, 0) is 79.1 Å². The second-order valence-corrected chi connectivity index (χ2v) is 14.6. The highest BCUT2D eigenvalue weighted by atomic mass is 35.5. The predicted molar refractivity (Wildman–Crippen MR) is 207 cm³/mol. The maximum absolute atomic E-state index is 16.1. The van der Waals surface area contributed by atoms with Crippen LogP contribution >= 0.6 is 11.6 Å². The van der Waals surface area contributed by atoms with Crippen LogP contribution in [0.15, 0.2) is 67.0 Å². The van der Waals surface area contributed by atoms with Crippen molar-refractivity contribution in [1.29, 1.82) is 5.26 Å². The zero-order valence-electron chi connectivity index (χ0n) is 31.0. The van der Waals surface area contributed by atoms with Crippen molar-refractivity contribution in [2.24, 2.45) is 5.73 Å². The van der Waals surface area contributed by atoms with Crippen LogP contribution in [-0.2, 0) is 24.4 Å². The number of nitrogens with zero attached hydrogens (tertiary/aromatic N) is 3. The standard InChI is InChI=1S/C42H47ClFN5O6/c1-25-31(6-4-9-37(25)53-15-5-12-49-13-10-30(51)11-14-49)32-7-3-8-33-34(32)18-36(44)41(33)55-39-19-38(54-24-28-16-27(20-45)21-47-22-28)29(17-35(39)43)23-48-40(26(2)50)42(46)52/h3-4,6-9,16-17,19,21-22,26,30,36,40-41,48,50-51H,5,10-15,18,23-24H2,1-2H3,(H2,46,52)/t26-,36+,40+,41-/m1/s1. The van der Waals surface area contributed by atoms with E-state index in [1.54, 1.807) is 24.4 Å². The van der Waals surface area contributed by atoms with Crippen LogP contribution < -0.4 is 25.3 Å². The number of carbonyl (C=O) groups is 1. The molecule has 0 saturated carbocycles. The van der Waals surface area contributed by atoms with Crippen LogP contribution in [0, 0.1) is 18.3 Å². The fourth-order valence-electron chi connectivity index (χ4n) is 7.25. The summed E-state index contributed by atoms with van der Waals surface area (Å²) in [6, 6.07) is 17.6. The number of nitrogens with one attached hydrogen (secondary N) is 1. The number of halogens is 2. The summed E-state index contributed by atoms with van der Waals surface area (Å²) in [6.45, 7) is 6.85. The van der Waals surface area contributed by atoms with Gasteiger partial charge in [-0.25, -0.2) is 4.39 Å². The number of hydrogen-bond acceptors (Lipinski definition) is 10. The van der Waals surface area contributed by atoms with E-state index in [9.17, 15) is 20.3 Å². The van der Waals surface area contributed by atoms with Gasteiger partial charge in [-0.15, -0.1) is 0 Å². The molecule has 55 heavy (non-hydrogen) atoms. The number of alkyl halides is 1. The molecule has 3 aromatic carbocycles. The quantitative estimate of drug-likeness (QED) is 0.104. The van der Waals surface area contributed by atoms with E-state index in [0.717, 1.165) is 66.9 Å². The number of aliphatic hydroxyl groups excluding tert-OH is 2. The lowest BCUT2D eigenvalue weighted by atomic mass is 9.93. The number of carbonyl (C=O) groups excluding carboxylic acids is 1. The topological polar surface area (TPSA) is 163 Å². The van der Waals surface area contributed by atoms with Crippen LogP contribution in [0.25, 0.3) is 11.1 Å². The normalized spacial score (nSPS) is 18.3. The van der Waals surface area contributed by atoms with Gasteiger partial charge in [0, 0.05) is 62.2 Å². The number of nitrogens with two attached hydrogens (primary N) is 1. The molecule has 1 aromatic heterocycles. The molecule has 13 heteroatoms. The molecule has 0 bridgehead atoms. The lowest BCUT2D eigenvalue weighted by Gasteiger charge is -2.29. The Morgan fingerprint density at radius 3 is 2.62 bits per heavy atom. The summed E-state index contributed by atoms with van der Waals surface area (Å²) >= 11 is 6.77. The number of rotatable bonds is 16. The van der Waals surface area contributed by atoms with Crippen LogP contribution in [0.5, 0.6) is 17.2 Å². The molecule has 1 aliphatic carbocycles. The number of pyridine rings is 1. The first-order valence-corrected chi connectivity index (χ1v) is 19.0. The molecular formula is C42H47ClFN5O6. The van der Waals surface area contributed by atoms with Crippen molar-refractivity contribution in [2.45, 2.75) is 83.2 Å². The number of hydrogen-bond donors (Lipinski definition) is 4. The van der Waals surface area contributed by atoms with Gasteiger partial charge in [0.25, 0.3) is 0 Å². The molecule has 290 valence electrons. The average molecular weight is 772 g/mol. The molecule has 1 aliphatic heterocycles. The van der Waals surface area contributed by atoms with E-state index >= 15 is 4.39 Å². The third kappa shape index (κ3) is 9.73. The van der Waals surface area contributed by atoms with Gasteiger partial charge in [0.1, 0.15) is 42.1 Å². The fourth-order valence-corrected chi connectivity index (χ4v) is 7.49. The maximum Gasteiger partial charge on any atom is 0.237 e. The first-order chi connectivity index (χ1) is 26.5. The second kappa shape index (κ2) is 18.2. The van der Waals surface area contributed by atoms with Gasteiger partial charge in [0.05, 0.1) is 29.4 Å². The van der Waals surface area contributed by atoms with Crippen molar-refractivity contribution in [2.75, 3.05) is 26.2 Å². The van der Waals surface area contributed by atoms with Crippen molar-refractivity contribution in [3.05, 3.63) is 105 Å². The molecule has 0 unspecified atom stereocenters. The summed E-state index contributed by atoms with van der Waals surface area (Å²) in [4.78, 5) is 18.4. The number of ether oxygens (including phenoxy) is 3. The molecule has 11 nitrogen and oxygen atoms in total. The lowest BCUT2D eigenvalue weighted by molar-refractivity contribution is -0.122. The number of primary amides is 1. The van der Waals surface area contributed by atoms with Gasteiger partial charge >= 0.3 is 0 Å². The molecule has 1 saturated heterocycles. The van der Waals surface area contributed by atoms with E-state index in [1.807, 2.05) is 43.3 Å². The molecular weight excluding hydrogens is 725 g/mol. The third-order valence-corrected chi connectivity index (χ3v) is 10.5. The largest absolute Gasteiger partial charge is 0.493 e. The number of piperidine rings is 1. The summed E-state index contributed by atoms with van der Waals surface area (Å²) in [6.07, 6.45) is 2.10. The smallest absolute Gasteiger partial charge is 0.237 e. The molecule has 0 spiro atoms. The Bertz CT molecular complexity index is 2020. The van der Waals surface area contributed by atoms with Gasteiger partial charge in [0.2, 0.25) is 5.91 Å². The lowest BCUT2D eigenvalue weighted by Crippen LogP contribution is -2.48. The van der Waals surface area contributed by atoms with E-state index in [1.165, 1.54) is 13.1 Å². The summed E-state index contributed by atoms with van der Waals surface area (Å²) in [5.41, 5.74) is 11.4. The monoisotopic (exact) mass is 771 g/mol. The van der Waals surface area contributed by atoms with E-state index in [0.29, 0.717) is 34.6 Å². The summed E-state index contributed by atoms with van der Waals surface area (Å²) in [7, 11) is 0. The minimum atomic E-state index is -1.37. The highest BCUT2D eigenvalue weighted by Crippen LogP contribution is 2.45. The van der Waals surface area contributed by atoms with Crippen molar-refractivity contribution in [3.63, 3.8) is 0 Å². The van der Waals surface area contributed by atoms with Gasteiger partial charge in [-0.3, -0.25) is 15.1 Å². The van der Waals surface area contributed by atoms with Crippen molar-refractivity contribution in [1.82, 2.24) is 15.2 Å². The number of likely N-dealkylation sites (tertiary alicyclic amines) is 1. The van der Waals surface area contributed by atoms with Gasteiger partial charge in [0.15, 0.2) is 6.10 Å². The molecule has 2 aliphatic rings. The highest BCUT2D eigenvalue weighted by Gasteiger charge is 2.37. The summed E-state index contributed by atoms with van der Waals surface area (Å²) in [5, 5.41) is 32.3. The predicted octanol–water partition coefficient (Wildman–Crippen LogP) is 5.73. The molecule has 1 fully saturated rings. The number of nitriles is 1. The van der Waals surface area contributed by atoms with Crippen LogP contribution in [0.4, 0.5) is 4.39 Å². The Kier molecular flexibility index (Phi) is 13.2. The summed E-state index contributed by atoms with van der Waals surface area (Å²) in [5.74, 6) is 0.583. The number of fused-ring (bicyclic) bond motifs is 1. The van der Waals surface area contributed by atoms with E-state index in [4.69, 9.17) is 31.5 Å². The minimum absolute atomic E-state index is 0.0409. The number of aliphatic hydroxyl groups is 2. The SMILES string of the molecule is Cc1c(OCCCN2CCC(O)CC2)cccc1-c1cccc2c1C[C@H](F)[C@@H]2Oc1cc(OCc2cncc(C#N)c2)c(CN[C@H](C(N)=O)[C@@H](C)O)cc1Cl. The first-order valence-electron chi connectivity index (χ1n) is 18.6. The number of benzene rings is 3. The Balaban J connectivity index is 1.21. The third-order valence-electron chi connectivity index (χ3n) is 10.2. The van der Waals surface area contributed by atoms with Crippen LogP contribution in [0.2, 0.25) is 5.02 Å².